The number of benzene rings is 2. The van der Waals surface area contributed by atoms with Crippen LogP contribution < -0.4 is 10.1 Å². The van der Waals surface area contributed by atoms with Crippen LogP contribution in [0.25, 0.3) is 0 Å². The van der Waals surface area contributed by atoms with Crippen LogP contribution in [-0.4, -0.2) is 36.4 Å². The first-order valence-electron chi connectivity index (χ1n) is 11.7. The van der Waals surface area contributed by atoms with Crippen LogP contribution in [-0.2, 0) is 11.0 Å². The summed E-state index contributed by atoms with van der Waals surface area (Å²) < 4.78 is 49.9. The Bertz CT molecular complexity index is 1210. The van der Waals surface area contributed by atoms with E-state index in [9.17, 15) is 22.8 Å². The summed E-state index contributed by atoms with van der Waals surface area (Å²) in [6.07, 6.45) is -2.56. The standard InChI is InChI=1S/C27H27F3N2O4/c1-17-3-9-22(10-4-17)36-16-24(33)32-13-11-20(12-14-32)19-5-7-21(8-6-19)31-26(34)25-18(2)35-15-23(25)27(28,29)30/h3-10,15,20H,11-14,16H2,1-2H3,(H,31,34). The molecule has 1 N–H and O–H groups in total. The van der Waals surface area contributed by atoms with Gasteiger partial charge >= 0.3 is 6.18 Å². The number of amides is 2. The summed E-state index contributed by atoms with van der Waals surface area (Å²) in [4.78, 5) is 26.8. The lowest BCUT2D eigenvalue weighted by Crippen LogP contribution is -2.40. The number of ether oxygens (including phenoxy) is 1. The van der Waals surface area contributed by atoms with Crippen LogP contribution in [0.4, 0.5) is 18.9 Å². The topological polar surface area (TPSA) is 71.8 Å². The molecule has 0 radical (unpaired) electrons. The minimum Gasteiger partial charge on any atom is -0.484 e. The van der Waals surface area contributed by atoms with Crippen molar-refractivity contribution in [2.45, 2.75) is 38.8 Å². The van der Waals surface area contributed by atoms with Crippen LogP contribution in [0.2, 0.25) is 0 Å². The van der Waals surface area contributed by atoms with Crippen LogP contribution >= 0.6 is 0 Å². The number of carbonyl (C=O) groups is 2. The number of nitrogens with one attached hydrogen (secondary N) is 1. The molecule has 6 nitrogen and oxygen atoms in total. The van der Waals surface area contributed by atoms with E-state index in [0.717, 1.165) is 24.0 Å². The third-order valence-electron chi connectivity index (χ3n) is 6.38. The van der Waals surface area contributed by atoms with Crippen LogP contribution in [0, 0.1) is 13.8 Å². The zero-order valence-electron chi connectivity index (χ0n) is 20.0. The molecule has 0 spiro atoms. The first-order chi connectivity index (χ1) is 17.1. The zero-order valence-corrected chi connectivity index (χ0v) is 20.0. The SMILES string of the molecule is Cc1ccc(OCC(=O)N2CCC(c3ccc(NC(=O)c4c(C(F)(F)F)coc4C)cc3)CC2)cc1. The van der Waals surface area contributed by atoms with Gasteiger partial charge in [0.05, 0.1) is 5.56 Å². The second kappa shape index (κ2) is 10.5. The number of piperidine rings is 1. The maximum atomic E-state index is 13.2. The molecule has 0 saturated carbocycles. The summed E-state index contributed by atoms with van der Waals surface area (Å²) in [7, 11) is 0. The molecule has 1 aromatic heterocycles. The summed E-state index contributed by atoms with van der Waals surface area (Å²) >= 11 is 0. The third kappa shape index (κ3) is 5.90. The van der Waals surface area contributed by atoms with E-state index in [2.05, 4.69) is 5.32 Å². The molecule has 9 heteroatoms. The molecule has 0 bridgehead atoms. The lowest BCUT2D eigenvalue weighted by molar-refractivity contribution is -0.138. The molecule has 0 aliphatic carbocycles. The van der Waals surface area contributed by atoms with Crippen molar-refractivity contribution in [1.82, 2.24) is 4.90 Å². The van der Waals surface area contributed by atoms with Crippen molar-refractivity contribution in [2.75, 3.05) is 25.0 Å². The number of carbonyl (C=O) groups excluding carboxylic acids is 2. The minimum absolute atomic E-state index is 0.00564. The smallest absolute Gasteiger partial charge is 0.420 e. The lowest BCUT2D eigenvalue weighted by atomic mass is 9.89. The number of rotatable bonds is 6. The second-order valence-corrected chi connectivity index (χ2v) is 8.91. The Labute approximate surface area is 207 Å². The molecular weight excluding hydrogens is 473 g/mol. The summed E-state index contributed by atoms with van der Waals surface area (Å²) in [5.74, 6) is -0.124. The quantitative estimate of drug-likeness (QED) is 0.454. The highest BCUT2D eigenvalue weighted by Gasteiger charge is 2.38. The first-order valence-corrected chi connectivity index (χ1v) is 11.7. The molecule has 0 atom stereocenters. The number of halogens is 3. The molecule has 1 saturated heterocycles. The van der Waals surface area contributed by atoms with Crippen molar-refractivity contribution in [1.29, 1.82) is 0 Å². The van der Waals surface area contributed by atoms with Crippen LogP contribution in [0.3, 0.4) is 0 Å². The molecule has 4 rings (SSSR count). The Balaban J connectivity index is 1.29. The molecule has 2 amide bonds. The van der Waals surface area contributed by atoms with E-state index in [4.69, 9.17) is 9.15 Å². The summed E-state index contributed by atoms with van der Waals surface area (Å²) in [6, 6.07) is 14.6. The Kier molecular flexibility index (Phi) is 7.37. The molecule has 2 aromatic carbocycles. The molecule has 1 fully saturated rings. The first kappa shape index (κ1) is 25.3. The van der Waals surface area contributed by atoms with Crippen molar-refractivity contribution in [2.24, 2.45) is 0 Å². The number of hydrogen-bond donors (Lipinski definition) is 1. The van der Waals surface area contributed by atoms with Crippen LogP contribution in [0.1, 0.15) is 51.6 Å². The molecular formula is C27H27F3N2O4. The Hall–Kier alpha value is -3.75. The van der Waals surface area contributed by atoms with E-state index in [1.807, 2.05) is 43.3 Å². The van der Waals surface area contributed by atoms with Gasteiger partial charge in [-0.25, -0.2) is 0 Å². The maximum absolute atomic E-state index is 13.2. The predicted molar refractivity (Wildman–Crippen MR) is 128 cm³/mol. The molecule has 0 unspecified atom stereocenters. The minimum atomic E-state index is -4.68. The molecule has 3 aromatic rings. The van der Waals surface area contributed by atoms with E-state index >= 15 is 0 Å². The zero-order chi connectivity index (χ0) is 25.9. The monoisotopic (exact) mass is 500 g/mol. The van der Waals surface area contributed by atoms with Gasteiger partial charge in [0.1, 0.15) is 23.3 Å². The molecule has 1 aliphatic heterocycles. The molecule has 1 aliphatic rings. The number of likely N-dealkylation sites (tertiary alicyclic amines) is 1. The van der Waals surface area contributed by atoms with Crippen molar-refractivity contribution in [3.63, 3.8) is 0 Å². The average Bonchev–Trinajstić information content (AvgIpc) is 3.26. The van der Waals surface area contributed by atoms with Gasteiger partial charge in [-0.1, -0.05) is 29.8 Å². The van der Waals surface area contributed by atoms with E-state index < -0.39 is 23.2 Å². The third-order valence-corrected chi connectivity index (χ3v) is 6.38. The Morgan fingerprint density at radius 3 is 2.28 bits per heavy atom. The molecule has 190 valence electrons. The van der Waals surface area contributed by atoms with Crippen LogP contribution in [0.5, 0.6) is 5.75 Å². The maximum Gasteiger partial charge on any atom is 0.420 e. The fraction of sp³-hybridized carbons (Fsp3) is 0.333. The van der Waals surface area contributed by atoms with Gasteiger partial charge in [0, 0.05) is 18.8 Å². The molecule has 36 heavy (non-hydrogen) atoms. The van der Waals surface area contributed by atoms with E-state index in [1.54, 1.807) is 17.0 Å². The lowest BCUT2D eigenvalue weighted by Gasteiger charge is -2.32. The Morgan fingerprint density at radius 1 is 1.03 bits per heavy atom. The summed E-state index contributed by atoms with van der Waals surface area (Å²) in [5, 5.41) is 2.51. The Morgan fingerprint density at radius 2 is 1.67 bits per heavy atom. The van der Waals surface area contributed by atoms with E-state index in [0.29, 0.717) is 30.8 Å². The predicted octanol–water partition coefficient (Wildman–Crippen LogP) is 5.95. The number of furan rings is 1. The second-order valence-electron chi connectivity index (χ2n) is 8.91. The number of anilines is 1. The average molecular weight is 501 g/mol. The van der Waals surface area contributed by atoms with Gasteiger partial charge in [0.25, 0.3) is 11.8 Å². The van der Waals surface area contributed by atoms with Gasteiger partial charge in [-0.05, 0) is 62.4 Å². The fourth-order valence-corrected chi connectivity index (χ4v) is 4.31. The van der Waals surface area contributed by atoms with Gasteiger partial charge in [0.15, 0.2) is 6.61 Å². The van der Waals surface area contributed by atoms with Crippen molar-refractivity contribution < 1.29 is 31.9 Å². The molecule has 2 heterocycles. The van der Waals surface area contributed by atoms with Gasteiger partial charge in [0.2, 0.25) is 0 Å². The highest BCUT2D eigenvalue weighted by Crippen LogP contribution is 2.35. The largest absolute Gasteiger partial charge is 0.484 e. The van der Waals surface area contributed by atoms with E-state index in [-0.39, 0.29) is 24.2 Å². The van der Waals surface area contributed by atoms with Gasteiger partial charge in [-0.2, -0.15) is 13.2 Å². The number of alkyl halides is 3. The highest BCUT2D eigenvalue weighted by atomic mass is 19.4. The van der Waals surface area contributed by atoms with Gasteiger partial charge < -0.3 is 19.4 Å². The van der Waals surface area contributed by atoms with Crippen molar-refractivity contribution in [3.05, 3.63) is 82.8 Å². The van der Waals surface area contributed by atoms with Gasteiger partial charge in [-0.3, -0.25) is 9.59 Å². The van der Waals surface area contributed by atoms with E-state index in [1.165, 1.54) is 6.92 Å². The highest BCUT2D eigenvalue weighted by molar-refractivity contribution is 6.06. The van der Waals surface area contributed by atoms with Crippen molar-refractivity contribution >= 4 is 17.5 Å². The number of nitrogens with zero attached hydrogens (tertiary/aromatic N) is 1. The van der Waals surface area contributed by atoms with Crippen LogP contribution in [0.15, 0.2) is 59.2 Å². The summed E-state index contributed by atoms with van der Waals surface area (Å²) in [5.41, 5.74) is 0.939. The van der Waals surface area contributed by atoms with Crippen molar-refractivity contribution in [3.8, 4) is 5.75 Å². The number of aryl methyl sites for hydroxylation is 2. The summed E-state index contributed by atoms with van der Waals surface area (Å²) in [6.45, 7) is 4.52. The van der Waals surface area contributed by atoms with Gasteiger partial charge in [-0.15, -0.1) is 0 Å². The normalized spacial score (nSPS) is 14.5. The number of hydrogen-bond acceptors (Lipinski definition) is 4. The fourth-order valence-electron chi connectivity index (χ4n) is 4.31.